The van der Waals surface area contributed by atoms with Crippen LogP contribution in [-0.4, -0.2) is 34.0 Å². The Hall–Kier alpha value is -1.63. The fraction of sp³-hybridized carbons (Fsp3) is 0.375. The zero-order valence-electron chi connectivity index (χ0n) is 13.1. The predicted molar refractivity (Wildman–Crippen MR) is 86.9 cm³/mol. The lowest BCUT2D eigenvalue weighted by Gasteiger charge is -2.22. The first-order valence-corrected chi connectivity index (χ1v) is 8.75. The van der Waals surface area contributed by atoms with E-state index in [9.17, 15) is 8.42 Å². The molecule has 5 nitrogen and oxygen atoms in total. The lowest BCUT2D eigenvalue weighted by atomic mass is 10.2. The fourth-order valence-corrected chi connectivity index (χ4v) is 3.43. The van der Waals surface area contributed by atoms with Crippen LogP contribution < -0.4 is 4.72 Å². The summed E-state index contributed by atoms with van der Waals surface area (Å²) in [5.74, 6) is 0.718. The van der Waals surface area contributed by atoms with Crippen molar-refractivity contribution in [1.82, 2.24) is 9.62 Å². The summed E-state index contributed by atoms with van der Waals surface area (Å²) in [5, 5.41) is 0. The maximum absolute atomic E-state index is 12.2. The van der Waals surface area contributed by atoms with Gasteiger partial charge in [-0.1, -0.05) is 29.8 Å². The maximum Gasteiger partial charge on any atom is 0.215 e. The lowest BCUT2D eigenvalue weighted by Crippen LogP contribution is -2.35. The molecule has 1 unspecified atom stereocenters. The van der Waals surface area contributed by atoms with E-state index in [-0.39, 0.29) is 18.3 Å². The Morgan fingerprint density at radius 2 is 2.00 bits per heavy atom. The molecule has 1 aromatic carbocycles. The second kappa shape index (κ2) is 7.09. The Bertz CT molecular complexity index is 694. The van der Waals surface area contributed by atoms with Gasteiger partial charge in [0.25, 0.3) is 0 Å². The van der Waals surface area contributed by atoms with Crippen LogP contribution in [0.4, 0.5) is 0 Å². The molecule has 0 aliphatic heterocycles. The summed E-state index contributed by atoms with van der Waals surface area (Å²) < 4.78 is 32.5. The van der Waals surface area contributed by atoms with Crippen molar-refractivity contribution in [3.63, 3.8) is 0 Å². The molecule has 0 amide bonds. The normalized spacial score (nSPS) is 13.5. The van der Waals surface area contributed by atoms with E-state index in [0.29, 0.717) is 0 Å². The van der Waals surface area contributed by atoms with Crippen molar-refractivity contribution in [2.24, 2.45) is 0 Å². The van der Waals surface area contributed by atoms with Crippen molar-refractivity contribution in [3.05, 3.63) is 59.5 Å². The van der Waals surface area contributed by atoms with Gasteiger partial charge >= 0.3 is 0 Å². The Morgan fingerprint density at radius 3 is 2.59 bits per heavy atom. The van der Waals surface area contributed by atoms with Crippen LogP contribution in [0, 0.1) is 6.92 Å². The summed E-state index contributed by atoms with van der Waals surface area (Å²) in [6.07, 6.45) is 1.59. The summed E-state index contributed by atoms with van der Waals surface area (Å²) >= 11 is 0. The van der Waals surface area contributed by atoms with Crippen LogP contribution in [0.1, 0.15) is 22.9 Å². The monoisotopic (exact) mass is 322 g/mol. The number of hydrogen-bond acceptors (Lipinski definition) is 4. The highest BCUT2D eigenvalue weighted by molar-refractivity contribution is 7.88. The first kappa shape index (κ1) is 16.7. The number of rotatable bonds is 7. The van der Waals surface area contributed by atoms with Crippen LogP contribution in [0.2, 0.25) is 0 Å². The van der Waals surface area contributed by atoms with Gasteiger partial charge in [0.05, 0.1) is 18.1 Å². The van der Waals surface area contributed by atoms with Crippen LogP contribution >= 0.6 is 0 Å². The highest BCUT2D eigenvalue weighted by atomic mass is 32.2. The number of hydrogen-bond donors (Lipinski definition) is 1. The lowest BCUT2D eigenvalue weighted by molar-refractivity contribution is 0.259. The van der Waals surface area contributed by atoms with E-state index in [1.165, 1.54) is 0 Å². The third kappa shape index (κ3) is 4.69. The van der Waals surface area contributed by atoms with Gasteiger partial charge in [0.2, 0.25) is 10.0 Å². The van der Waals surface area contributed by atoms with Gasteiger partial charge in [0, 0.05) is 6.54 Å². The average molecular weight is 322 g/mol. The molecule has 0 fully saturated rings. The van der Waals surface area contributed by atoms with E-state index in [1.807, 2.05) is 56.3 Å². The molecule has 1 atom stereocenters. The number of nitrogens with zero attached hydrogens (tertiary/aromatic N) is 1. The summed E-state index contributed by atoms with van der Waals surface area (Å²) in [6, 6.07) is 11.0. The molecule has 0 aliphatic carbocycles. The van der Waals surface area contributed by atoms with Gasteiger partial charge in [-0.2, -0.15) is 0 Å². The molecule has 2 aromatic rings. The van der Waals surface area contributed by atoms with Crippen LogP contribution in [0.5, 0.6) is 0 Å². The van der Waals surface area contributed by atoms with E-state index in [4.69, 9.17) is 4.42 Å². The molecular formula is C16H22N2O3S. The molecule has 1 aromatic heterocycles. The summed E-state index contributed by atoms with van der Waals surface area (Å²) in [7, 11) is 0.392. The molecule has 0 saturated heterocycles. The molecule has 0 spiro atoms. The molecular weight excluding hydrogens is 300 g/mol. The number of furan rings is 1. The second-order valence-corrected chi connectivity index (χ2v) is 7.40. The molecule has 0 bridgehead atoms. The van der Waals surface area contributed by atoms with Crippen molar-refractivity contribution >= 4 is 10.0 Å². The molecule has 0 saturated carbocycles. The van der Waals surface area contributed by atoms with Gasteiger partial charge < -0.3 is 4.42 Å². The number of likely N-dealkylation sites (N-methyl/N-ethyl adjacent to an activating group) is 1. The minimum absolute atomic E-state index is 0.0208. The number of benzene rings is 1. The minimum Gasteiger partial charge on any atom is -0.468 e. The van der Waals surface area contributed by atoms with Crippen LogP contribution in [0.15, 0.2) is 47.1 Å². The smallest absolute Gasteiger partial charge is 0.215 e. The van der Waals surface area contributed by atoms with Crippen molar-refractivity contribution < 1.29 is 12.8 Å². The maximum atomic E-state index is 12.2. The van der Waals surface area contributed by atoms with Gasteiger partial charge in [-0.05, 0) is 38.7 Å². The second-order valence-electron chi connectivity index (χ2n) is 5.59. The highest BCUT2D eigenvalue weighted by Crippen LogP contribution is 2.18. The Balaban J connectivity index is 2.02. The zero-order chi connectivity index (χ0) is 16.2. The largest absolute Gasteiger partial charge is 0.468 e. The minimum atomic E-state index is -3.39. The molecule has 6 heteroatoms. The van der Waals surface area contributed by atoms with E-state index < -0.39 is 10.0 Å². The van der Waals surface area contributed by atoms with Gasteiger partial charge in [0.1, 0.15) is 5.76 Å². The summed E-state index contributed by atoms with van der Waals surface area (Å²) in [4.78, 5) is 1.92. The molecule has 1 N–H and O–H groups in total. The summed E-state index contributed by atoms with van der Waals surface area (Å²) in [5.41, 5.74) is 1.83. The Labute approximate surface area is 132 Å². The first-order valence-electron chi connectivity index (χ1n) is 7.10. The topological polar surface area (TPSA) is 62.6 Å². The Kier molecular flexibility index (Phi) is 5.39. The van der Waals surface area contributed by atoms with E-state index in [0.717, 1.165) is 16.9 Å². The van der Waals surface area contributed by atoms with E-state index in [1.54, 1.807) is 12.3 Å². The van der Waals surface area contributed by atoms with Crippen LogP contribution in [0.25, 0.3) is 0 Å². The number of sulfonamides is 1. The molecule has 1 heterocycles. The van der Waals surface area contributed by atoms with Gasteiger partial charge in [0.15, 0.2) is 0 Å². The molecule has 22 heavy (non-hydrogen) atoms. The zero-order valence-corrected chi connectivity index (χ0v) is 13.9. The Morgan fingerprint density at radius 1 is 1.23 bits per heavy atom. The predicted octanol–water partition coefficient (Wildman–Crippen LogP) is 2.31. The first-order chi connectivity index (χ1) is 10.4. The van der Waals surface area contributed by atoms with Crippen molar-refractivity contribution in [2.75, 3.05) is 20.6 Å². The van der Waals surface area contributed by atoms with Crippen LogP contribution in [-0.2, 0) is 15.8 Å². The van der Waals surface area contributed by atoms with Crippen LogP contribution in [0.3, 0.4) is 0 Å². The van der Waals surface area contributed by atoms with Gasteiger partial charge in [-0.15, -0.1) is 0 Å². The molecule has 0 radical (unpaired) electrons. The molecule has 120 valence electrons. The number of nitrogens with one attached hydrogen (secondary N) is 1. The molecule has 0 aliphatic rings. The number of aryl methyl sites for hydroxylation is 1. The third-order valence-corrected chi connectivity index (χ3v) is 4.75. The quantitative estimate of drug-likeness (QED) is 0.850. The van der Waals surface area contributed by atoms with E-state index in [2.05, 4.69) is 4.72 Å². The average Bonchev–Trinajstić information content (AvgIpc) is 2.91. The molecule has 2 rings (SSSR count). The fourth-order valence-electron chi connectivity index (χ4n) is 2.30. The van der Waals surface area contributed by atoms with Crippen molar-refractivity contribution in [2.45, 2.75) is 18.7 Å². The summed E-state index contributed by atoms with van der Waals surface area (Å²) in [6.45, 7) is 2.22. The van der Waals surface area contributed by atoms with E-state index >= 15 is 0 Å². The SMILES string of the molecule is Cc1cccc(CS(=O)(=O)NCC(c2ccco2)N(C)C)c1. The van der Waals surface area contributed by atoms with Crippen molar-refractivity contribution in [3.8, 4) is 0 Å². The van der Waals surface area contributed by atoms with Gasteiger partial charge in [-0.25, -0.2) is 13.1 Å². The standard InChI is InChI=1S/C16H22N2O3S/c1-13-6-4-7-14(10-13)12-22(19,20)17-11-15(18(2)3)16-8-5-9-21-16/h4-10,15,17H,11-12H2,1-3H3. The van der Waals surface area contributed by atoms with Crippen molar-refractivity contribution in [1.29, 1.82) is 0 Å². The van der Waals surface area contributed by atoms with Gasteiger partial charge in [-0.3, -0.25) is 4.90 Å². The third-order valence-electron chi connectivity index (χ3n) is 3.43. The highest BCUT2D eigenvalue weighted by Gasteiger charge is 2.20.